The number of carbonyl (C=O) groups excluding carboxylic acids is 2. The number of amides is 2. The third kappa shape index (κ3) is 6.16. The molecule has 0 saturated carbocycles. The van der Waals surface area contributed by atoms with Gasteiger partial charge in [-0.1, -0.05) is 23.2 Å². The molecule has 0 aromatic heterocycles. The zero-order chi connectivity index (χ0) is 15.8. The first-order chi connectivity index (χ1) is 9.97. The van der Waals surface area contributed by atoms with Crippen molar-refractivity contribution in [2.45, 2.75) is 18.7 Å². The van der Waals surface area contributed by atoms with Crippen molar-refractivity contribution in [1.82, 2.24) is 10.2 Å². The molecule has 1 aromatic carbocycles. The van der Waals surface area contributed by atoms with Crippen LogP contribution in [-0.2, 0) is 9.59 Å². The fourth-order valence-electron chi connectivity index (χ4n) is 1.62. The SMILES string of the molecule is CCNC(=O)CN(CC)C(=O)CSc1cc(Cl)ccc1Cl. The standard InChI is InChI=1S/C14H18Cl2N2O2S/c1-3-17-13(19)8-18(4-2)14(20)9-21-12-7-10(15)5-6-11(12)16/h5-7H,3-4,8-9H2,1-2H3,(H,17,19). The van der Waals surface area contributed by atoms with Gasteiger partial charge in [-0.05, 0) is 32.0 Å². The third-order valence-corrected chi connectivity index (χ3v) is 4.40. The zero-order valence-electron chi connectivity index (χ0n) is 12.0. The van der Waals surface area contributed by atoms with Crippen molar-refractivity contribution >= 4 is 46.8 Å². The Morgan fingerprint density at radius 2 is 2.00 bits per heavy atom. The maximum absolute atomic E-state index is 12.1. The predicted molar refractivity (Wildman–Crippen MR) is 88.1 cm³/mol. The molecule has 0 unspecified atom stereocenters. The van der Waals surface area contributed by atoms with Gasteiger partial charge < -0.3 is 10.2 Å². The van der Waals surface area contributed by atoms with Crippen molar-refractivity contribution in [2.24, 2.45) is 0 Å². The topological polar surface area (TPSA) is 49.4 Å². The highest BCUT2D eigenvalue weighted by molar-refractivity contribution is 8.00. The molecule has 0 bridgehead atoms. The summed E-state index contributed by atoms with van der Waals surface area (Å²) in [6.07, 6.45) is 0. The molecule has 0 saturated heterocycles. The van der Waals surface area contributed by atoms with Crippen LogP contribution in [0, 0.1) is 0 Å². The minimum atomic E-state index is -0.154. The number of hydrogen-bond donors (Lipinski definition) is 1. The molecule has 0 heterocycles. The van der Waals surface area contributed by atoms with Gasteiger partial charge in [-0.15, -0.1) is 11.8 Å². The Hall–Kier alpha value is -0.910. The summed E-state index contributed by atoms with van der Waals surface area (Å²) in [5, 5.41) is 3.81. The molecule has 0 radical (unpaired) electrons. The van der Waals surface area contributed by atoms with E-state index in [1.165, 1.54) is 16.7 Å². The van der Waals surface area contributed by atoms with Gasteiger partial charge in [-0.3, -0.25) is 9.59 Å². The molecule has 116 valence electrons. The van der Waals surface area contributed by atoms with Gasteiger partial charge in [0.05, 0.1) is 17.3 Å². The molecule has 1 N–H and O–H groups in total. The Morgan fingerprint density at radius 1 is 1.29 bits per heavy atom. The monoisotopic (exact) mass is 348 g/mol. The van der Waals surface area contributed by atoms with Crippen molar-refractivity contribution < 1.29 is 9.59 Å². The van der Waals surface area contributed by atoms with Gasteiger partial charge in [0.1, 0.15) is 0 Å². The van der Waals surface area contributed by atoms with E-state index in [0.717, 1.165) is 4.90 Å². The van der Waals surface area contributed by atoms with Gasteiger partial charge in [0.15, 0.2) is 0 Å². The van der Waals surface area contributed by atoms with E-state index >= 15 is 0 Å². The molecule has 1 aromatic rings. The first kappa shape index (κ1) is 18.1. The first-order valence-electron chi connectivity index (χ1n) is 6.60. The summed E-state index contributed by atoms with van der Waals surface area (Å²) in [4.78, 5) is 25.9. The highest BCUT2D eigenvalue weighted by Gasteiger charge is 2.16. The predicted octanol–water partition coefficient (Wildman–Crippen LogP) is 3.07. The quantitative estimate of drug-likeness (QED) is 0.770. The normalized spacial score (nSPS) is 10.3. The molecule has 0 fully saturated rings. The Labute approximate surface area is 139 Å². The summed E-state index contributed by atoms with van der Waals surface area (Å²) < 4.78 is 0. The molecule has 21 heavy (non-hydrogen) atoms. The van der Waals surface area contributed by atoms with Crippen molar-refractivity contribution in [2.75, 3.05) is 25.4 Å². The highest BCUT2D eigenvalue weighted by Crippen LogP contribution is 2.29. The van der Waals surface area contributed by atoms with Crippen LogP contribution < -0.4 is 5.32 Å². The van der Waals surface area contributed by atoms with Gasteiger partial charge in [0.25, 0.3) is 0 Å². The number of nitrogens with one attached hydrogen (secondary N) is 1. The number of thioether (sulfide) groups is 1. The fourth-order valence-corrected chi connectivity index (χ4v) is 3.02. The summed E-state index contributed by atoms with van der Waals surface area (Å²) >= 11 is 13.3. The molecule has 0 atom stereocenters. The zero-order valence-corrected chi connectivity index (χ0v) is 14.3. The third-order valence-electron chi connectivity index (χ3n) is 2.69. The fraction of sp³-hybridized carbons (Fsp3) is 0.429. The number of hydrogen-bond acceptors (Lipinski definition) is 3. The van der Waals surface area contributed by atoms with E-state index in [2.05, 4.69) is 5.32 Å². The minimum Gasteiger partial charge on any atom is -0.355 e. The molecular weight excluding hydrogens is 331 g/mol. The largest absolute Gasteiger partial charge is 0.355 e. The lowest BCUT2D eigenvalue weighted by molar-refractivity contribution is -0.133. The van der Waals surface area contributed by atoms with Gasteiger partial charge >= 0.3 is 0 Å². The molecule has 0 spiro atoms. The van der Waals surface area contributed by atoms with Crippen LogP contribution in [0.25, 0.3) is 0 Å². The number of nitrogens with zero attached hydrogens (tertiary/aromatic N) is 1. The van der Waals surface area contributed by atoms with Crippen LogP contribution in [0.4, 0.5) is 0 Å². The Kier molecular flexibility index (Phi) is 7.93. The van der Waals surface area contributed by atoms with Gasteiger partial charge in [0.2, 0.25) is 11.8 Å². The number of likely N-dealkylation sites (N-methyl/N-ethyl adjacent to an activating group) is 2. The summed E-state index contributed by atoms with van der Waals surface area (Å²) in [6, 6.07) is 5.12. The van der Waals surface area contributed by atoms with E-state index in [1.54, 1.807) is 18.2 Å². The average molecular weight is 349 g/mol. The Morgan fingerprint density at radius 3 is 2.62 bits per heavy atom. The highest BCUT2D eigenvalue weighted by atomic mass is 35.5. The van der Waals surface area contributed by atoms with Crippen LogP contribution in [0.1, 0.15) is 13.8 Å². The summed E-state index contributed by atoms with van der Waals surface area (Å²) in [6.45, 7) is 4.80. The number of benzene rings is 1. The van der Waals surface area contributed by atoms with E-state index in [-0.39, 0.29) is 24.1 Å². The molecule has 0 aliphatic heterocycles. The van der Waals surface area contributed by atoms with E-state index in [1.807, 2.05) is 13.8 Å². The number of rotatable bonds is 7. The maximum Gasteiger partial charge on any atom is 0.239 e. The van der Waals surface area contributed by atoms with Crippen LogP contribution in [0.15, 0.2) is 23.1 Å². The minimum absolute atomic E-state index is 0.0764. The second kappa shape index (κ2) is 9.18. The second-order valence-electron chi connectivity index (χ2n) is 4.22. The van der Waals surface area contributed by atoms with E-state index in [0.29, 0.717) is 23.1 Å². The lowest BCUT2D eigenvalue weighted by atomic mass is 10.4. The summed E-state index contributed by atoms with van der Waals surface area (Å²) in [5.74, 6) is -0.0453. The molecular formula is C14H18Cl2N2O2S. The van der Waals surface area contributed by atoms with Crippen molar-refractivity contribution in [3.05, 3.63) is 28.2 Å². The maximum atomic E-state index is 12.1. The smallest absolute Gasteiger partial charge is 0.239 e. The Balaban J connectivity index is 2.58. The molecule has 0 aliphatic carbocycles. The average Bonchev–Trinajstić information content (AvgIpc) is 2.45. The molecule has 0 aliphatic rings. The van der Waals surface area contributed by atoms with Crippen LogP contribution in [0.5, 0.6) is 0 Å². The first-order valence-corrected chi connectivity index (χ1v) is 8.34. The summed E-state index contributed by atoms with van der Waals surface area (Å²) in [5.41, 5.74) is 0. The molecule has 1 rings (SSSR count). The van der Waals surface area contributed by atoms with Gasteiger partial charge in [0, 0.05) is 23.0 Å². The van der Waals surface area contributed by atoms with Crippen molar-refractivity contribution in [3.63, 3.8) is 0 Å². The molecule has 2 amide bonds. The van der Waals surface area contributed by atoms with Gasteiger partial charge in [-0.25, -0.2) is 0 Å². The number of carbonyl (C=O) groups is 2. The molecule has 4 nitrogen and oxygen atoms in total. The van der Waals surface area contributed by atoms with E-state index in [9.17, 15) is 9.59 Å². The van der Waals surface area contributed by atoms with Crippen molar-refractivity contribution in [3.8, 4) is 0 Å². The summed E-state index contributed by atoms with van der Waals surface area (Å²) in [7, 11) is 0. The van der Waals surface area contributed by atoms with Crippen LogP contribution >= 0.6 is 35.0 Å². The van der Waals surface area contributed by atoms with E-state index in [4.69, 9.17) is 23.2 Å². The van der Waals surface area contributed by atoms with Crippen LogP contribution in [0.3, 0.4) is 0 Å². The molecule has 7 heteroatoms. The van der Waals surface area contributed by atoms with Crippen LogP contribution in [-0.4, -0.2) is 42.1 Å². The van der Waals surface area contributed by atoms with E-state index < -0.39 is 0 Å². The Bertz CT molecular complexity index is 512. The van der Waals surface area contributed by atoms with Crippen molar-refractivity contribution in [1.29, 1.82) is 0 Å². The lowest BCUT2D eigenvalue weighted by Crippen LogP contribution is -2.41. The second-order valence-corrected chi connectivity index (χ2v) is 6.09. The number of halogens is 2. The van der Waals surface area contributed by atoms with Gasteiger partial charge in [-0.2, -0.15) is 0 Å². The lowest BCUT2D eigenvalue weighted by Gasteiger charge is -2.20. The van der Waals surface area contributed by atoms with Crippen LogP contribution in [0.2, 0.25) is 10.0 Å².